The summed E-state index contributed by atoms with van der Waals surface area (Å²) in [5, 5.41) is 21.6. The first-order valence-electron chi connectivity index (χ1n) is 6.39. The number of benzene rings is 1. The predicted molar refractivity (Wildman–Crippen MR) is 86.6 cm³/mol. The molecular formula is C14H12N4O2S2. The van der Waals surface area contributed by atoms with Crippen LogP contribution >= 0.6 is 23.1 Å². The van der Waals surface area contributed by atoms with E-state index in [0.717, 1.165) is 16.6 Å². The van der Waals surface area contributed by atoms with Crippen LogP contribution in [0.3, 0.4) is 0 Å². The Balaban J connectivity index is 1.62. The van der Waals surface area contributed by atoms with E-state index in [9.17, 15) is 9.90 Å². The van der Waals surface area contributed by atoms with Crippen LogP contribution in [0, 0.1) is 0 Å². The summed E-state index contributed by atoms with van der Waals surface area (Å²) in [5.41, 5.74) is -0.659. The van der Waals surface area contributed by atoms with Crippen molar-refractivity contribution in [3.8, 4) is 10.7 Å². The largest absolute Gasteiger partial charge is 0.373 e. The number of anilines is 1. The molecule has 2 heterocycles. The molecule has 0 fully saturated rings. The lowest BCUT2D eigenvalue weighted by atomic mass is 10.3. The first kappa shape index (κ1) is 14.8. The fourth-order valence-electron chi connectivity index (χ4n) is 1.70. The zero-order valence-electron chi connectivity index (χ0n) is 11.3. The fourth-order valence-corrected chi connectivity index (χ4v) is 2.97. The highest BCUT2D eigenvalue weighted by Gasteiger charge is 2.19. The molecule has 1 unspecified atom stereocenters. The van der Waals surface area contributed by atoms with Crippen LogP contribution < -0.4 is 5.32 Å². The fraction of sp³-hybridized carbons (Fsp3) is 0.0714. The Labute approximate surface area is 134 Å². The molecule has 8 heteroatoms. The number of carbonyl (C=O) groups is 1. The first-order valence-corrected chi connectivity index (χ1v) is 8.15. The van der Waals surface area contributed by atoms with Crippen molar-refractivity contribution in [3.05, 3.63) is 47.8 Å². The van der Waals surface area contributed by atoms with Gasteiger partial charge < -0.3 is 10.4 Å². The molecule has 0 aliphatic rings. The van der Waals surface area contributed by atoms with Gasteiger partial charge in [-0.05, 0) is 35.3 Å². The zero-order valence-corrected chi connectivity index (χ0v) is 12.9. The molecule has 1 aromatic carbocycles. The average Bonchev–Trinajstić information content (AvgIpc) is 3.19. The highest BCUT2D eigenvalue weighted by Crippen LogP contribution is 2.25. The van der Waals surface area contributed by atoms with Crippen LogP contribution in [0.2, 0.25) is 0 Å². The van der Waals surface area contributed by atoms with Gasteiger partial charge in [0.05, 0.1) is 4.88 Å². The molecule has 0 radical (unpaired) electrons. The average molecular weight is 332 g/mol. The van der Waals surface area contributed by atoms with E-state index in [4.69, 9.17) is 0 Å². The highest BCUT2D eigenvalue weighted by molar-refractivity contribution is 8.00. The third-order valence-electron chi connectivity index (χ3n) is 2.70. The minimum Gasteiger partial charge on any atom is -0.373 e. The van der Waals surface area contributed by atoms with Gasteiger partial charge in [-0.3, -0.25) is 9.89 Å². The molecule has 0 aliphatic carbocycles. The lowest BCUT2D eigenvalue weighted by Gasteiger charge is -2.08. The third-order valence-corrected chi connectivity index (χ3v) is 4.41. The molecule has 2 aromatic heterocycles. The topological polar surface area (TPSA) is 90.9 Å². The molecule has 1 atom stereocenters. The quantitative estimate of drug-likeness (QED) is 0.493. The van der Waals surface area contributed by atoms with Gasteiger partial charge in [-0.15, -0.1) is 16.4 Å². The number of aliphatic hydroxyl groups excluding tert-OH is 1. The number of thiophene rings is 1. The SMILES string of the molecule is O=C(Nc1ccccc1)C(O)Sc1n[nH]c(-c2cccs2)n1. The number of H-pyrrole nitrogens is 1. The summed E-state index contributed by atoms with van der Waals surface area (Å²) in [6.07, 6.45) is 0. The van der Waals surface area contributed by atoms with Crippen molar-refractivity contribution in [2.24, 2.45) is 0 Å². The Kier molecular flexibility index (Phi) is 4.52. The highest BCUT2D eigenvalue weighted by atomic mass is 32.2. The molecular weight excluding hydrogens is 320 g/mol. The molecule has 112 valence electrons. The Hall–Kier alpha value is -2.16. The summed E-state index contributed by atoms with van der Waals surface area (Å²) in [6, 6.07) is 12.8. The second-order valence-electron chi connectivity index (χ2n) is 4.27. The van der Waals surface area contributed by atoms with Gasteiger partial charge in [0.25, 0.3) is 5.91 Å². The van der Waals surface area contributed by atoms with Crippen LogP contribution in [0.5, 0.6) is 0 Å². The smallest absolute Gasteiger partial charge is 0.264 e. The number of hydrogen-bond acceptors (Lipinski definition) is 6. The van der Waals surface area contributed by atoms with Gasteiger partial charge in [0.15, 0.2) is 11.3 Å². The number of carbonyl (C=O) groups excluding carboxylic acids is 1. The number of aliphatic hydroxyl groups is 1. The van der Waals surface area contributed by atoms with Gasteiger partial charge in [-0.1, -0.05) is 24.3 Å². The minimum atomic E-state index is -1.29. The Morgan fingerprint density at radius 2 is 2.09 bits per heavy atom. The molecule has 0 bridgehead atoms. The van der Waals surface area contributed by atoms with Crippen molar-refractivity contribution < 1.29 is 9.90 Å². The molecule has 1 amide bonds. The van der Waals surface area contributed by atoms with E-state index in [0.29, 0.717) is 16.7 Å². The molecule has 3 N–H and O–H groups in total. The molecule has 0 saturated carbocycles. The van der Waals surface area contributed by atoms with Crippen LogP contribution in [0.15, 0.2) is 53.0 Å². The van der Waals surface area contributed by atoms with E-state index in [2.05, 4.69) is 20.5 Å². The summed E-state index contributed by atoms with van der Waals surface area (Å²) in [6.45, 7) is 0. The molecule has 0 aliphatic heterocycles. The number of rotatable bonds is 5. The number of hydrogen-bond donors (Lipinski definition) is 3. The summed E-state index contributed by atoms with van der Waals surface area (Å²) in [5.74, 6) is 0.104. The van der Waals surface area contributed by atoms with Crippen molar-refractivity contribution in [3.63, 3.8) is 0 Å². The van der Waals surface area contributed by atoms with Gasteiger partial charge in [0, 0.05) is 5.69 Å². The number of para-hydroxylation sites is 1. The van der Waals surface area contributed by atoms with E-state index in [-0.39, 0.29) is 0 Å². The summed E-state index contributed by atoms with van der Waals surface area (Å²) >= 11 is 2.42. The van der Waals surface area contributed by atoms with Crippen LogP contribution in [0.4, 0.5) is 5.69 Å². The maximum atomic E-state index is 11.9. The van der Waals surface area contributed by atoms with E-state index in [1.54, 1.807) is 24.3 Å². The van der Waals surface area contributed by atoms with Crippen LogP contribution in [0.25, 0.3) is 10.7 Å². The van der Waals surface area contributed by atoms with E-state index in [1.165, 1.54) is 11.3 Å². The molecule has 3 rings (SSSR count). The first-order chi connectivity index (χ1) is 10.7. The standard InChI is InChI=1S/C14H12N4O2S2/c19-12(15-9-5-2-1-3-6-9)13(20)22-14-16-11(17-18-14)10-7-4-8-21-10/h1-8,13,20H,(H,15,19)(H,16,17,18). The maximum Gasteiger partial charge on any atom is 0.264 e. The second-order valence-corrected chi connectivity index (χ2v) is 6.26. The predicted octanol–water partition coefficient (Wildman–Crippen LogP) is 2.58. The zero-order chi connectivity index (χ0) is 15.4. The van der Waals surface area contributed by atoms with E-state index >= 15 is 0 Å². The number of aromatic nitrogens is 3. The van der Waals surface area contributed by atoms with E-state index < -0.39 is 11.3 Å². The van der Waals surface area contributed by atoms with E-state index in [1.807, 2.05) is 23.6 Å². The Morgan fingerprint density at radius 3 is 2.82 bits per heavy atom. The summed E-state index contributed by atoms with van der Waals surface area (Å²) in [7, 11) is 0. The molecule has 3 aromatic rings. The van der Waals surface area contributed by atoms with Gasteiger partial charge >= 0.3 is 0 Å². The van der Waals surface area contributed by atoms with Crippen LogP contribution in [0.1, 0.15) is 0 Å². The maximum absolute atomic E-state index is 11.9. The second kappa shape index (κ2) is 6.73. The number of amides is 1. The number of nitrogens with one attached hydrogen (secondary N) is 2. The normalized spacial score (nSPS) is 12.0. The summed E-state index contributed by atoms with van der Waals surface area (Å²) in [4.78, 5) is 17.1. The minimum absolute atomic E-state index is 0.319. The lowest BCUT2D eigenvalue weighted by molar-refractivity contribution is -0.120. The number of nitrogens with zero attached hydrogens (tertiary/aromatic N) is 2. The van der Waals surface area contributed by atoms with Crippen LogP contribution in [-0.2, 0) is 4.79 Å². The molecule has 22 heavy (non-hydrogen) atoms. The molecule has 6 nitrogen and oxygen atoms in total. The van der Waals surface area contributed by atoms with Crippen LogP contribution in [-0.4, -0.2) is 31.6 Å². The monoisotopic (exact) mass is 332 g/mol. The van der Waals surface area contributed by atoms with Crippen molar-refractivity contribution in [2.45, 2.75) is 10.6 Å². The lowest BCUT2D eigenvalue weighted by Crippen LogP contribution is -2.24. The van der Waals surface area contributed by atoms with Gasteiger partial charge in [0.1, 0.15) is 0 Å². The van der Waals surface area contributed by atoms with Gasteiger partial charge in [0.2, 0.25) is 5.16 Å². The van der Waals surface area contributed by atoms with Crippen molar-refractivity contribution in [1.29, 1.82) is 0 Å². The number of thioether (sulfide) groups is 1. The van der Waals surface area contributed by atoms with Crippen molar-refractivity contribution in [2.75, 3.05) is 5.32 Å². The van der Waals surface area contributed by atoms with Crippen molar-refractivity contribution >= 4 is 34.7 Å². The number of aromatic amines is 1. The molecule has 0 spiro atoms. The Morgan fingerprint density at radius 1 is 1.27 bits per heavy atom. The molecule has 0 saturated heterocycles. The van der Waals surface area contributed by atoms with Gasteiger partial charge in [-0.2, -0.15) is 0 Å². The Bertz CT molecular complexity index is 743. The summed E-state index contributed by atoms with van der Waals surface area (Å²) < 4.78 is 0. The van der Waals surface area contributed by atoms with Gasteiger partial charge in [-0.25, -0.2) is 4.98 Å². The third kappa shape index (κ3) is 3.53. The van der Waals surface area contributed by atoms with Crippen molar-refractivity contribution in [1.82, 2.24) is 15.2 Å².